The standard InChI is InChI=1S/C23H13F6N5O/c1-33-19-11-16(13-6-8-30-18(10-13)22(24,25)26)32-34(19)17-9-12(4-5-15(17)21(33)35)14-3-2-7-31-20(14)23(27,28)29/h2-11H,1H3. The number of halogens is 6. The van der Waals surface area contributed by atoms with Crippen molar-refractivity contribution in [2.45, 2.75) is 12.4 Å². The number of nitrogens with zero attached hydrogens (tertiary/aromatic N) is 5. The molecule has 4 heterocycles. The van der Waals surface area contributed by atoms with E-state index in [2.05, 4.69) is 15.1 Å². The van der Waals surface area contributed by atoms with Gasteiger partial charge in [0.05, 0.1) is 16.6 Å². The lowest BCUT2D eigenvalue weighted by atomic mass is 10.0. The summed E-state index contributed by atoms with van der Waals surface area (Å²) in [4.78, 5) is 19.7. The van der Waals surface area contributed by atoms with Crippen LogP contribution < -0.4 is 5.56 Å². The second kappa shape index (κ2) is 7.65. The summed E-state index contributed by atoms with van der Waals surface area (Å²) >= 11 is 0. The Balaban J connectivity index is 1.77. The summed E-state index contributed by atoms with van der Waals surface area (Å²) in [7, 11) is 1.47. The van der Waals surface area contributed by atoms with Crippen LogP contribution in [0.2, 0.25) is 0 Å². The average Bonchev–Trinajstić information content (AvgIpc) is 3.27. The van der Waals surface area contributed by atoms with Crippen LogP contribution in [0.5, 0.6) is 0 Å². The normalized spacial score (nSPS) is 12.5. The van der Waals surface area contributed by atoms with Crippen LogP contribution in [-0.2, 0) is 19.4 Å². The number of hydrogen-bond donors (Lipinski definition) is 0. The van der Waals surface area contributed by atoms with Crippen LogP contribution in [0, 0.1) is 0 Å². The fourth-order valence-electron chi connectivity index (χ4n) is 3.88. The smallest absolute Gasteiger partial charge is 0.296 e. The highest BCUT2D eigenvalue weighted by Gasteiger charge is 2.35. The third kappa shape index (κ3) is 3.80. The van der Waals surface area contributed by atoms with Gasteiger partial charge in [0.25, 0.3) is 5.56 Å². The van der Waals surface area contributed by atoms with Gasteiger partial charge in [-0.25, -0.2) is 4.52 Å². The predicted octanol–water partition coefficient (Wildman–Crippen LogP) is 5.35. The summed E-state index contributed by atoms with van der Waals surface area (Å²) in [5.74, 6) is 0. The number of rotatable bonds is 2. The van der Waals surface area contributed by atoms with Crippen molar-refractivity contribution >= 4 is 16.6 Å². The Morgan fingerprint density at radius 3 is 2.31 bits per heavy atom. The summed E-state index contributed by atoms with van der Waals surface area (Å²) in [6.07, 6.45) is -7.34. The molecular weight excluding hydrogens is 476 g/mol. The van der Waals surface area contributed by atoms with Crippen LogP contribution in [0.15, 0.2) is 65.7 Å². The molecule has 12 heteroatoms. The van der Waals surface area contributed by atoms with Crippen molar-refractivity contribution in [3.8, 4) is 22.4 Å². The van der Waals surface area contributed by atoms with E-state index in [1.807, 2.05) is 0 Å². The van der Waals surface area contributed by atoms with Gasteiger partial charge in [-0.15, -0.1) is 0 Å². The maximum absolute atomic E-state index is 13.5. The van der Waals surface area contributed by atoms with E-state index in [4.69, 9.17) is 0 Å². The number of aryl methyl sites for hydroxylation is 1. The molecule has 5 rings (SSSR count). The number of aromatic nitrogens is 5. The van der Waals surface area contributed by atoms with Crippen LogP contribution >= 0.6 is 0 Å². The third-order valence-corrected chi connectivity index (χ3v) is 5.53. The van der Waals surface area contributed by atoms with Crippen molar-refractivity contribution < 1.29 is 26.3 Å². The molecule has 0 amide bonds. The number of benzene rings is 1. The summed E-state index contributed by atoms with van der Waals surface area (Å²) < 4.78 is 82.4. The highest BCUT2D eigenvalue weighted by Crippen LogP contribution is 2.36. The highest BCUT2D eigenvalue weighted by molar-refractivity contribution is 5.86. The zero-order valence-electron chi connectivity index (χ0n) is 17.7. The molecule has 1 aromatic carbocycles. The van der Waals surface area contributed by atoms with E-state index in [1.165, 1.54) is 58.6 Å². The fourth-order valence-corrected chi connectivity index (χ4v) is 3.88. The molecule has 0 aliphatic rings. The van der Waals surface area contributed by atoms with Gasteiger partial charge in [-0.05, 0) is 35.9 Å². The van der Waals surface area contributed by atoms with Gasteiger partial charge in [0.2, 0.25) is 0 Å². The third-order valence-electron chi connectivity index (χ3n) is 5.53. The number of pyridine rings is 2. The van der Waals surface area contributed by atoms with Crippen LogP contribution in [0.1, 0.15) is 11.4 Å². The minimum Gasteiger partial charge on any atom is -0.296 e. The predicted molar refractivity (Wildman–Crippen MR) is 114 cm³/mol. The first kappa shape index (κ1) is 22.6. The molecule has 0 N–H and O–H groups in total. The van der Waals surface area contributed by atoms with Crippen molar-refractivity contribution in [1.82, 2.24) is 24.1 Å². The minimum absolute atomic E-state index is 0.111. The first-order valence-corrected chi connectivity index (χ1v) is 10.0. The van der Waals surface area contributed by atoms with Gasteiger partial charge in [-0.2, -0.15) is 31.4 Å². The van der Waals surface area contributed by atoms with Gasteiger partial charge < -0.3 is 0 Å². The van der Waals surface area contributed by atoms with E-state index in [1.54, 1.807) is 0 Å². The summed E-state index contributed by atoms with van der Waals surface area (Å²) in [6, 6.07) is 10.4. The molecular formula is C23H13F6N5O. The van der Waals surface area contributed by atoms with E-state index < -0.39 is 29.3 Å². The topological polar surface area (TPSA) is 65.1 Å². The van der Waals surface area contributed by atoms with Gasteiger partial charge in [0, 0.05) is 36.6 Å². The van der Waals surface area contributed by atoms with Crippen molar-refractivity contribution in [3.05, 3.63) is 82.7 Å². The zero-order valence-corrected chi connectivity index (χ0v) is 17.7. The first-order chi connectivity index (χ1) is 16.4. The molecule has 0 saturated heterocycles. The number of hydrogen-bond acceptors (Lipinski definition) is 4. The number of fused-ring (bicyclic) bond motifs is 3. The molecule has 6 nitrogen and oxygen atoms in total. The molecule has 0 bridgehead atoms. The quantitative estimate of drug-likeness (QED) is 0.314. The van der Waals surface area contributed by atoms with Gasteiger partial charge >= 0.3 is 12.4 Å². The molecule has 0 aliphatic heterocycles. The minimum atomic E-state index is -4.70. The lowest BCUT2D eigenvalue weighted by Gasteiger charge is -2.13. The van der Waals surface area contributed by atoms with Crippen LogP contribution in [0.25, 0.3) is 38.9 Å². The highest BCUT2D eigenvalue weighted by atomic mass is 19.4. The number of alkyl halides is 6. The summed E-state index contributed by atoms with van der Waals surface area (Å²) in [5.41, 5.74) is -2.02. The van der Waals surface area contributed by atoms with E-state index in [0.717, 1.165) is 18.5 Å². The fraction of sp³-hybridized carbons (Fsp3) is 0.130. The lowest BCUT2D eigenvalue weighted by molar-refractivity contribution is -0.141. The lowest BCUT2D eigenvalue weighted by Crippen LogP contribution is -2.19. The first-order valence-electron chi connectivity index (χ1n) is 10.0. The van der Waals surface area contributed by atoms with E-state index in [0.29, 0.717) is 0 Å². The molecule has 4 aromatic heterocycles. The molecule has 0 atom stereocenters. The van der Waals surface area contributed by atoms with Gasteiger partial charge in [0.1, 0.15) is 11.3 Å². The molecule has 0 aliphatic carbocycles. The molecule has 35 heavy (non-hydrogen) atoms. The zero-order chi connectivity index (χ0) is 25.1. The van der Waals surface area contributed by atoms with Crippen molar-refractivity contribution in [3.63, 3.8) is 0 Å². The maximum atomic E-state index is 13.5. The van der Waals surface area contributed by atoms with Crippen molar-refractivity contribution in [1.29, 1.82) is 0 Å². The monoisotopic (exact) mass is 489 g/mol. The Morgan fingerprint density at radius 1 is 0.829 bits per heavy atom. The van der Waals surface area contributed by atoms with E-state index >= 15 is 0 Å². The van der Waals surface area contributed by atoms with Crippen LogP contribution in [0.3, 0.4) is 0 Å². The average molecular weight is 489 g/mol. The second-order valence-corrected chi connectivity index (χ2v) is 7.72. The largest absolute Gasteiger partial charge is 0.433 e. The Kier molecular flexibility index (Phi) is 4.93. The molecule has 0 fully saturated rings. The summed E-state index contributed by atoms with van der Waals surface area (Å²) in [5, 5.41) is 4.53. The maximum Gasteiger partial charge on any atom is 0.433 e. The second-order valence-electron chi connectivity index (χ2n) is 7.72. The molecule has 0 radical (unpaired) electrons. The van der Waals surface area contributed by atoms with Crippen LogP contribution in [-0.4, -0.2) is 24.1 Å². The van der Waals surface area contributed by atoms with Crippen LogP contribution in [0.4, 0.5) is 26.3 Å². The Morgan fingerprint density at radius 2 is 1.60 bits per heavy atom. The van der Waals surface area contributed by atoms with Gasteiger partial charge in [0.15, 0.2) is 5.69 Å². The molecule has 5 aromatic rings. The van der Waals surface area contributed by atoms with Gasteiger partial charge in [-0.1, -0.05) is 12.1 Å². The molecule has 178 valence electrons. The SMILES string of the molecule is Cn1c(=O)c2ccc(-c3cccnc3C(F)(F)F)cc2n2nc(-c3ccnc(C(F)(F)F)c3)cc12. The van der Waals surface area contributed by atoms with E-state index in [9.17, 15) is 31.1 Å². The Labute approximate surface area is 192 Å². The van der Waals surface area contributed by atoms with Crippen molar-refractivity contribution in [2.75, 3.05) is 0 Å². The Bertz CT molecular complexity index is 1670. The Hall–Kier alpha value is -4.22. The molecule has 0 unspecified atom stereocenters. The molecule has 0 spiro atoms. The van der Waals surface area contributed by atoms with Gasteiger partial charge in [-0.3, -0.25) is 19.3 Å². The summed E-state index contributed by atoms with van der Waals surface area (Å²) in [6.45, 7) is 0. The molecule has 0 saturated carbocycles. The van der Waals surface area contributed by atoms with Crippen molar-refractivity contribution in [2.24, 2.45) is 7.05 Å². The van der Waals surface area contributed by atoms with E-state index in [-0.39, 0.29) is 38.9 Å².